The maximum absolute atomic E-state index is 13.2. The van der Waals surface area contributed by atoms with E-state index in [4.69, 9.17) is 9.47 Å². The van der Waals surface area contributed by atoms with Crippen LogP contribution in [-0.4, -0.2) is 68.7 Å². The van der Waals surface area contributed by atoms with E-state index in [1.165, 1.54) is 37.1 Å². The van der Waals surface area contributed by atoms with Crippen LogP contribution in [-0.2, 0) is 23.9 Å². The molecule has 1 aromatic rings. The van der Waals surface area contributed by atoms with E-state index in [9.17, 15) is 34.4 Å². The van der Waals surface area contributed by atoms with Gasteiger partial charge in [0.05, 0.1) is 17.8 Å². The SMILES string of the molecule is COC1=C(C(=O)O)N2C(=O)[C@@H](NC(=O)C(NC(=O)OC(C)(C)C)c3cccc([N+](=O)[O-])c3)[C@H]2SC1. The minimum Gasteiger partial charge on any atom is -0.498 e. The van der Waals surface area contributed by atoms with Crippen molar-refractivity contribution >= 4 is 41.3 Å². The Morgan fingerprint density at radius 2 is 2.00 bits per heavy atom. The van der Waals surface area contributed by atoms with E-state index in [1.54, 1.807) is 20.8 Å². The predicted molar refractivity (Wildman–Crippen MR) is 122 cm³/mol. The van der Waals surface area contributed by atoms with Crippen molar-refractivity contribution in [2.24, 2.45) is 0 Å². The normalized spacial score (nSPS) is 20.2. The minimum atomic E-state index is -1.43. The molecule has 1 aromatic carbocycles. The number of amides is 3. The average Bonchev–Trinajstić information content (AvgIpc) is 2.78. The number of fused-ring (bicyclic) bond motifs is 1. The monoisotopic (exact) mass is 508 g/mol. The third-order valence-electron chi connectivity index (χ3n) is 5.02. The zero-order valence-electron chi connectivity index (χ0n) is 19.3. The van der Waals surface area contributed by atoms with E-state index >= 15 is 0 Å². The summed E-state index contributed by atoms with van der Waals surface area (Å²) in [5, 5.41) is 24.9. The second-order valence-corrected chi connectivity index (χ2v) is 9.71. The molecule has 1 unspecified atom stereocenters. The molecule has 1 saturated heterocycles. The number of nitrogens with one attached hydrogen (secondary N) is 2. The molecule has 2 aliphatic rings. The molecule has 2 aliphatic heterocycles. The highest BCUT2D eigenvalue weighted by Crippen LogP contribution is 2.40. The van der Waals surface area contributed by atoms with Gasteiger partial charge in [-0.05, 0) is 26.3 Å². The van der Waals surface area contributed by atoms with Crippen molar-refractivity contribution in [3.05, 3.63) is 51.4 Å². The summed E-state index contributed by atoms with van der Waals surface area (Å²) in [6, 6.07) is 2.61. The molecule has 13 nitrogen and oxygen atoms in total. The minimum absolute atomic E-state index is 0.0928. The number of methoxy groups -OCH3 is 1. The van der Waals surface area contributed by atoms with E-state index in [2.05, 4.69) is 10.6 Å². The number of alkyl carbamates (subject to hydrolysis) is 1. The van der Waals surface area contributed by atoms with Gasteiger partial charge in [0, 0.05) is 12.1 Å². The number of benzene rings is 1. The maximum atomic E-state index is 13.2. The van der Waals surface area contributed by atoms with Crippen LogP contribution < -0.4 is 10.6 Å². The highest BCUT2D eigenvalue weighted by molar-refractivity contribution is 8.00. The number of non-ortho nitro benzene ring substituents is 1. The smallest absolute Gasteiger partial charge is 0.408 e. The van der Waals surface area contributed by atoms with Crippen LogP contribution in [0.4, 0.5) is 10.5 Å². The number of nitrogens with zero attached hydrogens (tertiary/aromatic N) is 2. The van der Waals surface area contributed by atoms with Gasteiger partial charge in [-0.1, -0.05) is 12.1 Å². The maximum Gasteiger partial charge on any atom is 0.408 e. The number of carboxylic acid groups (broad SMARTS) is 1. The second-order valence-electron chi connectivity index (χ2n) is 8.61. The molecule has 0 bridgehead atoms. The number of thioether (sulfide) groups is 1. The lowest BCUT2D eigenvalue weighted by atomic mass is 10.0. The topological polar surface area (TPSA) is 177 Å². The molecule has 35 heavy (non-hydrogen) atoms. The molecule has 0 radical (unpaired) electrons. The van der Waals surface area contributed by atoms with Gasteiger partial charge in [0.25, 0.3) is 11.6 Å². The van der Waals surface area contributed by atoms with Gasteiger partial charge in [-0.25, -0.2) is 9.59 Å². The number of β-lactam (4-membered cyclic amide) rings is 1. The molecule has 188 valence electrons. The van der Waals surface area contributed by atoms with Gasteiger partial charge < -0.3 is 25.2 Å². The molecule has 3 rings (SSSR count). The van der Waals surface area contributed by atoms with E-state index in [1.807, 2.05) is 0 Å². The van der Waals surface area contributed by atoms with Crippen molar-refractivity contribution in [3.63, 3.8) is 0 Å². The van der Waals surface area contributed by atoms with E-state index < -0.39 is 51.9 Å². The summed E-state index contributed by atoms with van der Waals surface area (Å²) in [5.74, 6) is -2.54. The molecule has 3 N–H and O–H groups in total. The molecule has 2 heterocycles. The fraction of sp³-hybridized carbons (Fsp3) is 0.429. The van der Waals surface area contributed by atoms with E-state index in [0.29, 0.717) is 0 Å². The van der Waals surface area contributed by atoms with Gasteiger partial charge in [0.15, 0.2) is 5.70 Å². The number of carboxylic acids is 1. The number of carbonyl (C=O) groups is 4. The highest BCUT2D eigenvalue weighted by Gasteiger charge is 2.55. The van der Waals surface area contributed by atoms with Gasteiger partial charge in [-0.15, -0.1) is 11.8 Å². The Morgan fingerprint density at radius 3 is 2.57 bits per heavy atom. The summed E-state index contributed by atoms with van der Waals surface area (Å²) >= 11 is 1.20. The van der Waals surface area contributed by atoms with Crippen molar-refractivity contribution in [1.29, 1.82) is 0 Å². The molecular formula is C21H24N4O9S. The number of nitro groups is 1. The van der Waals surface area contributed by atoms with Crippen LogP contribution in [0.25, 0.3) is 0 Å². The molecule has 0 aliphatic carbocycles. The van der Waals surface area contributed by atoms with Crippen molar-refractivity contribution < 1.29 is 38.7 Å². The molecule has 0 spiro atoms. The van der Waals surface area contributed by atoms with Crippen molar-refractivity contribution in [3.8, 4) is 0 Å². The lowest BCUT2D eigenvalue weighted by Gasteiger charge is -2.49. The summed E-state index contributed by atoms with van der Waals surface area (Å²) in [6.45, 7) is 4.87. The first-order valence-corrected chi connectivity index (χ1v) is 11.4. The number of aliphatic carboxylic acids is 1. The Balaban J connectivity index is 1.85. The Hall–Kier alpha value is -3.81. The molecule has 3 atom stereocenters. The number of nitro benzene ring substituents is 1. The first-order chi connectivity index (χ1) is 16.3. The lowest BCUT2D eigenvalue weighted by Crippen LogP contribution is -2.71. The molecule has 0 saturated carbocycles. The molecule has 3 amide bonds. The fourth-order valence-corrected chi connectivity index (χ4v) is 4.84. The van der Waals surface area contributed by atoms with Gasteiger partial charge >= 0.3 is 12.1 Å². The predicted octanol–water partition coefficient (Wildman–Crippen LogP) is 1.50. The van der Waals surface area contributed by atoms with Crippen molar-refractivity contribution in [1.82, 2.24) is 15.5 Å². The molecule has 14 heteroatoms. The first-order valence-electron chi connectivity index (χ1n) is 10.3. The Morgan fingerprint density at radius 1 is 1.31 bits per heavy atom. The van der Waals surface area contributed by atoms with Crippen LogP contribution in [0, 0.1) is 10.1 Å². The quantitative estimate of drug-likeness (QED) is 0.278. The van der Waals surface area contributed by atoms with Crippen LogP contribution in [0.15, 0.2) is 35.7 Å². The third kappa shape index (κ3) is 5.48. The van der Waals surface area contributed by atoms with Gasteiger partial charge in [-0.2, -0.15) is 0 Å². The van der Waals surface area contributed by atoms with Crippen molar-refractivity contribution in [2.45, 2.75) is 43.8 Å². The zero-order chi connectivity index (χ0) is 26.1. The highest BCUT2D eigenvalue weighted by atomic mass is 32.2. The molecule has 1 fully saturated rings. The zero-order valence-corrected chi connectivity index (χ0v) is 20.1. The third-order valence-corrected chi connectivity index (χ3v) is 6.27. The molecule has 0 aromatic heterocycles. The van der Waals surface area contributed by atoms with E-state index in [-0.39, 0.29) is 28.5 Å². The Bertz CT molecular complexity index is 1110. The van der Waals surface area contributed by atoms with Gasteiger partial charge in [-0.3, -0.25) is 24.6 Å². The number of carbonyl (C=O) groups excluding carboxylic acids is 3. The van der Waals surface area contributed by atoms with E-state index in [0.717, 1.165) is 11.0 Å². The standard InChI is InChI=1S/C21H24N4O9S/c1-21(2,3)34-20(30)23-13(10-6-5-7-11(8-10)25(31)32)16(26)22-14-17(27)24-15(19(28)29)12(33-4)9-35-18(14)24/h5-8,13-14,18H,9H2,1-4H3,(H,22,26)(H,23,30)(H,28,29)/t13?,14-,18-/m1/s1. The summed E-state index contributed by atoms with van der Waals surface area (Å²) in [6.07, 6.45) is -0.946. The second kappa shape index (κ2) is 9.82. The number of ether oxygens (including phenoxy) is 2. The summed E-state index contributed by atoms with van der Waals surface area (Å²) in [4.78, 5) is 61.6. The Kier molecular flexibility index (Phi) is 7.24. The Labute approximate surface area is 204 Å². The van der Waals surface area contributed by atoms with Crippen molar-refractivity contribution in [2.75, 3.05) is 12.9 Å². The first kappa shape index (κ1) is 25.8. The largest absolute Gasteiger partial charge is 0.498 e. The van der Waals surface area contributed by atoms with Crippen LogP contribution in [0.5, 0.6) is 0 Å². The van der Waals surface area contributed by atoms with Gasteiger partial charge in [0.1, 0.15) is 28.8 Å². The summed E-state index contributed by atoms with van der Waals surface area (Å²) in [5.41, 5.74) is -1.39. The lowest BCUT2D eigenvalue weighted by molar-refractivity contribution is -0.384. The van der Waals surface area contributed by atoms with Crippen LogP contribution >= 0.6 is 11.8 Å². The summed E-state index contributed by atoms with van der Waals surface area (Å²) in [7, 11) is 1.30. The van der Waals surface area contributed by atoms with Crippen LogP contribution in [0.1, 0.15) is 32.4 Å². The number of hydrogen-bond donors (Lipinski definition) is 3. The van der Waals surface area contributed by atoms with Crippen LogP contribution in [0.3, 0.4) is 0 Å². The summed E-state index contributed by atoms with van der Waals surface area (Å²) < 4.78 is 10.3. The van der Waals surface area contributed by atoms with Crippen LogP contribution in [0.2, 0.25) is 0 Å². The fourth-order valence-electron chi connectivity index (χ4n) is 3.53. The molecular weight excluding hydrogens is 484 g/mol. The number of hydrogen-bond acceptors (Lipinski definition) is 9. The average molecular weight is 509 g/mol. The van der Waals surface area contributed by atoms with Gasteiger partial charge in [0.2, 0.25) is 5.91 Å². The number of rotatable bonds is 7.